The monoisotopic (exact) mass is 327 g/mol. The molecular weight excluding hydrogens is 318 g/mol. The van der Waals surface area contributed by atoms with Gasteiger partial charge in [0.05, 0.1) is 0 Å². The van der Waals surface area contributed by atoms with Crippen molar-refractivity contribution in [1.29, 1.82) is 0 Å². The highest BCUT2D eigenvalue weighted by Crippen LogP contribution is 2.31. The van der Waals surface area contributed by atoms with Crippen LogP contribution in [0.25, 0.3) is 0 Å². The summed E-state index contributed by atoms with van der Waals surface area (Å²) in [6, 6.07) is 14.0. The van der Waals surface area contributed by atoms with Gasteiger partial charge in [-0.2, -0.15) is 0 Å². The van der Waals surface area contributed by atoms with Crippen molar-refractivity contribution >= 4 is 39.3 Å². The molecule has 0 saturated heterocycles. The summed E-state index contributed by atoms with van der Waals surface area (Å²) in [6.45, 7) is 0.549. The Morgan fingerprint density at radius 3 is 2.41 bits per heavy atom. The van der Waals surface area contributed by atoms with Crippen LogP contribution in [0.5, 0.6) is 0 Å². The van der Waals surface area contributed by atoms with Crippen molar-refractivity contribution in [3.05, 3.63) is 57.5 Å². The van der Waals surface area contributed by atoms with E-state index in [2.05, 4.69) is 28.1 Å². The fourth-order valence-corrected chi connectivity index (χ4v) is 3.19. The third-order valence-corrected chi connectivity index (χ3v) is 3.91. The quantitative estimate of drug-likeness (QED) is 0.883. The van der Waals surface area contributed by atoms with Gasteiger partial charge in [0.15, 0.2) is 0 Å². The number of rotatable bonds is 3. The third kappa shape index (κ3) is 3.75. The molecule has 0 bridgehead atoms. The Morgan fingerprint density at radius 2 is 1.76 bits per heavy atom. The lowest BCUT2D eigenvalue weighted by atomic mass is 10.2. The molecule has 0 aliphatic heterocycles. The van der Waals surface area contributed by atoms with Gasteiger partial charge in [-0.15, -0.1) is 0 Å². The van der Waals surface area contributed by atoms with Crippen LogP contribution in [0.4, 0.5) is 0 Å². The zero-order chi connectivity index (χ0) is 12.3. The molecule has 2 aromatic carbocycles. The van der Waals surface area contributed by atoms with Gasteiger partial charge in [-0.3, -0.25) is 0 Å². The Bertz CT molecular complexity index is 513. The molecule has 0 amide bonds. The van der Waals surface area contributed by atoms with Gasteiger partial charge in [-0.05, 0) is 48.0 Å². The highest BCUT2D eigenvalue weighted by Gasteiger charge is 2.01. The van der Waals surface area contributed by atoms with E-state index >= 15 is 0 Å². The average Bonchev–Trinajstić information content (AvgIpc) is 2.31. The van der Waals surface area contributed by atoms with E-state index < -0.39 is 0 Å². The molecule has 0 fully saturated rings. The topological polar surface area (TPSA) is 26.0 Å². The molecule has 0 unspecified atom stereocenters. The highest BCUT2D eigenvalue weighted by atomic mass is 79.9. The Hall–Kier alpha value is -0.480. The molecule has 0 aliphatic rings. The van der Waals surface area contributed by atoms with Gasteiger partial charge in [0, 0.05) is 25.8 Å². The van der Waals surface area contributed by atoms with Crippen molar-refractivity contribution in [2.24, 2.45) is 5.73 Å². The summed E-state index contributed by atoms with van der Waals surface area (Å²) in [4.78, 5) is 2.33. The normalized spacial score (nSPS) is 10.5. The largest absolute Gasteiger partial charge is 0.326 e. The zero-order valence-corrected chi connectivity index (χ0v) is 12.1. The van der Waals surface area contributed by atoms with Crippen molar-refractivity contribution in [3.63, 3.8) is 0 Å². The SMILES string of the molecule is NCc1cc(Br)cc(Sc2ccc(Cl)cc2)c1. The van der Waals surface area contributed by atoms with Gasteiger partial charge in [0.2, 0.25) is 0 Å². The molecule has 0 radical (unpaired) electrons. The van der Waals surface area contributed by atoms with E-state index in [1.165, 1.54) is 4.90 Å². The van der Waals surface area contributed by atoms with Crippen LogP contribution in [0.1, 0.15) is 5.56 Å². The first-order chi connectivity index (χ1) is 8.17. The van der Waals surface area contributed by atoms with Crippen LogP contribution >= 0.6 is 39.3 Å². The molecule has 17 heavy (non-hydrogen) atoms. The number of nitrogens with two attached hydrogens (primary N) is 1. The summed E-state index contributed by atoms with van der Waals surface area (Å²) in [7, 11) is 0. The van der Waals surface area contributed by atoms with Crippen LogP contribution in [-0.4, -0.2) is 0 Å². The Labute approximate surface area is 118 Å². The summed E-state index contributed by atoms with van der Waals surface area (Å²) in [5.74, 6) is 0. The molecule has 1 nitrogen and oxygen atoms in total. The van der Waals surface area contributed by atoms with E-state index in [4.69, 9.17) is 17.3 Å². The van der Waals surface area contributed by atoms with Crippen LogP contribution in [0.2, 0.25) is 5.02 Å². The summed E-state index contributed by atoms with van der Waals surface area (Å²) >= 11 is 11.0. The molecule has 0 saturated carbocycles. The predicted octanol–water partition coefficient (Wildman–Crippen LogP) is 4.71. The van der Waals surface area contributed by atoms with Gasteiger partial charge in [0.25, 0.3) is 0 Å². The van der Waals surface area contributed by atoms with Crippen molar-refractivity contribution in [3.8, 4) is 0 Å². The highest BCUT2D eigenvalue weighted by molar-refractivity contribution is 9.10. The minimum Gasteiger partial charge on any atom is -0.326 e. The third-order valence-electron chi connectivity index (χ3n) is 2.22. The fraction of sp³-hybridized carbons (Fsp3) is 0.0769. The van der Waals surface area contributed by atoms with Crippen LogP contribution < -0.4 is 5.73 Å². The Balaban J connectivity index is 2.23. The van der Waals surface area contributed by atoms with Gasteiger partial charge in [0.1, 0.15) is 0 Å². The first-order valence-electron chi connectivity index (χ1n) is 5.10. The van der Waals surface area contributed by atoms with Crippen LogP contribution in [0.3, 0.4) is 0 Å². The lowest BCUT2D eigenvalue weighted by Gasteiger charge is -2.05. The molecule has 88 valence electrons. The van der Waals surface area contributed by atoms with Gasteiger partial charge in [-0.25, -0.2) is 0 Å². The molecule has 2 aromatic rings. The minimum atomic E-state index is 0.549. The van der Waals surface area contributed by atoms with Crippen LogP contribution in [0.15, 0.2) is 56.7 Å². The minimum absolute atomic E-state index is 0.549. The number of hydrogen-bond donors (Lipinski definition) is 1. The average molecular weight is 329 g/mol. The van der Waals surface area contributed by atoms with Gasteiger partial charge < -0.3 is 5.73 Å². The molecular formula is C13H11BrClNS. The molecule has 0 aromatic heterocycles. The summed E-state index contributed by atoms with van der Waals surface area (Å²) in [6.07, 6.45) is 0. The Kier molecular flexibility index (Phi) is 4.51. The summed E-state index contributed by atoms with van der Waals surface area (Å²) in [5, 5.41) is 0.756. The fourth-order valence-electron chi connectivity index (χ4n) is 1.44. The predicted molar refractivity (Wildman–Crippen MR) is 77.6 cm³/mol. The van der Waals surface area contributed by atoms with Gasteiger partial charge in [-0.1, -0.05) is 39.3 Å². The first-order valence-corrected chi connectivity index (χ1v) is 7.09. The lowest BCUT2D eigenvalue weighted by molar-refractivity contribution is 1.06. The second kappa shape index (κ2) is 5.91. The van der Waals surface area contributed by atoms with E-state index in [0.29, 0.717) is 6.54 Å². The molecule has 0 atom stereocenters. The molecule has 0 aliphatic carbocycles. The Morgan fingerprint density at radius 1 is 1.06 bits per heavy atom. The smallest absolute Gasteiger partial charge is 0.0406 e. The second-order valence-electron chi connectivity index (χ2n) is 3.56. The maximum atomic E-state index is 5.85. The van der Waals surface area contributed by atoms with Crippen LogP contribution in [-0.2, 0) is 6.54 Å². The maximum absolute atomic E-state index is 5.85. The standard InChI is InChI=1S/C13H11BrClNS/c14-10-5-9(8-16)6-13(7-10)17-12-3-1-11(15)2-4-12/h1-7H,8,16H2. The summed E-state index contributed by atoms with van der Waals surface area (Å²) in [5.41, 5.74) is 6.77. The van der Waals surface area contributed by atoms with Crippen molar-refractivity contribution < 1.29 is 0 Å². The second-order valence-corrected chi connectivity index (χ2v) is 6.05. The first kappa shape index (κ1) is 13.0. The van der Waals surface area contributed by atoms with E-state index in [1.54, 1.807) is 11.8 Å². The van der Waals surface area contributed by atoms with E-state index in [9.17, 15) is 0 Å². The molecule has 0 spiro atoms. The van der Waals surface area contributed by atoms with E-state index in [0.717, 1.165) is 20.0 Å². The number of benzene rings is 2. The number of hydrogen-bond acceptors (Lipinski definition) is 2. The van der Waals surface area contributed by atoms with E-state index in [1.807, 2.05) is 30.3 Å². The lowest BCUT2D eigenvalue weighted by Crippen LogP contribution is -1.95. The van der Waals surface area contributed by atoms with Gasteiger partial charge >= 0.3 is 0 Å². The maximum Gasteiger partial charge on any atom is 0.0406 e. The molecule has 0 heterocycles. The van der Waals surface area contributed by atoms with E-state index in [-0.39, 0.29) is 0 Å². The van der Waals surface area contributed by atoms with Crippen LogP contribution in [0, 0.1) is 0 Å². The van der Waals surface area contributed by atoms with Crippen molar-refractivity contribution in [1.82, 2.24) is 0 Å². The molecule has 2 rings (SSSR count). The molecule has 2 N–H and O–H groups in total. The summed E-state index contributed by atoms with van der Waals surface area (Å²) < 4.78 is 1.05. The molecule has 4 heteroatoms. The number of halogens is 2. The van der Waals surface area contributed by atoms with Crippen molar-refractivity contribution in [2.75, 3.05) is 0 Å². The van der Waals surface area contributed by atoms with Crippen molar-refractivity contribution in [2.45, 2.75) is 16.3 Å². The zero-order valence-electron chi connectivity index (χ0n) is 8.99.